The van der Waals surface area contributed by atoms with E-state index in [9.17, 15) is 9.59 Å². The van der Waals surface area contributed by atoms with Crippen molar-refractivity contribution in [3.63, 3.8) is 0 Å². The highest BCUT2D eigenvalue weighted by atomic mass is 32.1. The number of nitrogens with one attached hydrogen (secondary N) is 3. The Bertz CT molecular complexity index is 947. The Balaban J connectivity index is 1.76. The van der Waals surface area contributed by atoms with Crippen LogP contribution in [0.4, 0.5) is 5.69 Å². The van der Waals surface area contributed by atoms with E-state index in [-0.39, 0.29) is 16.8 Å². The molecule has 28 heavy (non-hydrogen) atoms. The van der Waals surface area contributed by atoms with Crippen LogP contribution in [0.25, 0.3) is 0 Å². The molecule has 3 rings (SSSR count). The number of hydrogen-bond donors (Lipinski definition) is 3. The van der Waals surface area contributed by atoms with Crippen molar-refractivity contribution in [1.29, 1.82) is 0 Å². The predicted molar refractivity (Wildman–Crippen MR) is 114 cm³/mol. The van der Waals surface area contributed by atoms with E-state index >= 15 is 0 Å². The van der Waals surface area contributed by atoms with Crippen molar-refractivity contribution in [2.45, 2.75) is 6.17 Å². The molecule has 6 heteroatoms. The number of rotatable bonds is 6. The standard InChI is InChI=1S/C22H19N3O2S/c26-19(16-10-4-1-5-11-16)20(24-21(27)17-12-6-2-7-13-17)25-22(28)23-18-14-8-3-9-15-18/h1-15,20H,(H,24,27)(H2,23,25,28)/t20-/m0/s1. The summed E-state index contributed by atoms with van der Waals surface area (Å²) in [6.45, 7) is 0. The van der Waals surface area contributed by atoms with Crippen LogP contribution in [0.5, 0.6) is 0 Å². The first kappa shape index (κ1) is 19.3. The molecular formula is C22H19N3O2S. The highest BCUT2D eigenvalue weighted by molar-refractivity contribution is 7.80. The third-order valence-electron chi connectivity index (χ3n) is 3.94. The van der Waals surface area contributed by atoms with Gasteiger partial charge < -0.3 is 16.0 Å². The molecule has 140 valence electrons. The molecule has 0 unspecified atom stereocenters. The van der Waals surface area contributed by atoms with E-state index in [1.54, 1.807) is 48.5 Å². The number of thiocarbonyl (C=S) groups is 1. The largest absolute Gasteiger partial charge is 0.336 e. The first-order valence-electron chi connectivity index (χ1n) is 8.71. The molecule has 0 aliphatic heterocycles. The summed E-state index contributed by atoms with van der Waals surface area (Å²) in [5.74, 6) is -0.660. The van der Waals surface area contributed by atoms with Crippen LogP contribution in [-0.2, 0) is 0 Å². The van der Waals surface area contributed by atoms with Crippen molar-refractivity contribution in [2.75, 3.05) is 5.32 Å². The Labute approximate surface area is 168 Å². The lowest BCUT2D eigenvalue weighted by molar-refractivity contribution is 0.0850. The van der Waals surface area contributed by atoms with Crippen LogP contribution >= 0.6 is 12.2 Å². The minimum absolute atomic E-state index is 0.230. The fraction of sp³-hybridized carbons (Fsp3) is 0.0455. The normalized spacial score (nSPS) is 11.1. The molecule has 0 fully saturated rings. The minimum Gasteiger partial charge on any atom is -0.336 e. The van der Waals surface area contributed by atoms with E-state index in [4.69, 9.17) is 12.2 Å². The maximum Gasteiger partial charge on any atom is 0.253 e. The highest BCUT2D eigenvalue weighted by Crippen LogP contribution is 2.07. The van der Waals surface area contributed by atoms with Gasteiger partial charge in [-0.25, -0.2) is 0 Å². The molecule has 0 heterocycles. The van der Waals surface area contributed by atoms with Gasteiger partial charge in [0.25, 0.3) is 5.91 Å². The molecule has 0 aromatic heterocycles. The number of anilines is 1. The van der Waals surface area contributed by atoms with Crippen LogP contribution in [-0.4, -0.2) is 23.0 Å². The number of carbonyl (C=O) groups is 2. The SMILES string of the molecule is O=C(N[C@@H](NC(=S)Nc1ccccc1)C(=O)c1ccccc1)c1ccccc1. The maximum absolute atomic E-state index is 12.9. The Hall–Kier alpha value is -3.51. The molecule has 0 saturated heterocycles. The Morgan fingerprint density at radius 2 is 1.18 bits per heavy atom. The maximum atomic E-state index is 12.9. The topological polar surface area (TPSA) is 70.2 Å². The van der Waals surface area contributed by atoms with Gasteiger partial charge in [0.15, 0.2) is 11.3 Å². The zero-order valence-corrected chi connectivity index (χ0v) is 15.8. The van der Waals surface area contributed by atoms with E-state index in [0.29, 0.717) is 11.1 Å². The average Bonchev–Trinajstić information content (AvgIpc) is 2.74. The molecule has 1 amide bonds. The molecule has 0 bridgehead atoms. The molecule has 0 radical (unpaired) electrons. The lowest BCUT2D eigenvalue weighted by Crippen LogP contribution is -2.53. The van der Waals surface area contributed by atoms with Gasteiger partial charge in [0.2, 0.25) is 5.78 Å². The highest BCUT2D eigenvalue weighted by Gasteiger charge is 2.23. The number of benzene rings is 3. The molecule has 0 aliphatic rings. The zero-order chi connectivity index (χ0) is 19.8. The van der Waals surface area contributed by atoms with Crippen molar-refractivity contribution in [1.82, 2.24) is 10.6 Å². The predicted octanol–water partition coefficient (Wildman–Crippen LogP) is 3.61. The second kappa shape index (κ2) is 9.43. The van der Waals surface area contributed by atoms with Gasteiger partial charge in [-0.05, 0) is 36.5 Å². The number of hydrogen-bond acceptors (Lipinski definition) is 3. The third kappa shape index (κ3) is 5.25. The van der Waals surface area contributed by atoms with E-state index < -0.39 is 6.17 Å². The van der Waals surface area contributed by atoms with Crippen molar-refractivity contribution in [3.05, 3.63) is 102 Å². The second-order valence-corrected chi connectivity index (χ2v) is 6.38. The van der Waals surface area contributed by atoms with Gasteiger partial charge in [0, 0.05) is 16.8 Å². The molecule has 0 aliphatic carbocycles. The smallest absolute Gasteiger partial charge is 0.253 e. The summed E-state index contributed by atoms with van der Waals surface area (Å²) in [5.41, 5.74) is 1.70. The number of Topliss-reactive ketones (excluding diaryl/α,β-unsaturated/α-hetero) is 1. The van der Waals surface area contributed by atoms with Gasteiger partial charge in [-0.15, -0.1) is 0 Å². The second-order valence-electron chi connectivity index (χ2n) is 5.97. The first-order chi connectivity index (χ1) is 13.6. The molecule has 0 saturated carbocycles. The fourth-order valence-corrected chi connectivity index (χ4v) is 2.80. The average molecular weight is 389 g/mol. The molecule has 3 aromatic rings. The number of ketones is 1. The van der Waals surface area contributed by atoms with E-state index in [1.807, 2.05) is 42.5 Å². The van der Waals surface area contributed by atoms with Gasteiger partial charge in [0.1, 0.15) is 0 Å². The monoisotopic (exact) mass is 389 g/mol. The van der Waals surface area contributed by atoms with Crippen LogP contribution in [0.3, 0.4) is 0 Å². The van der Waals surface area contributed by atoms with Crippen molar-refractivity contribution in [3.8, 4) is 0 Å². The molecule has 3 aromatic carbocycles. The van der Waals surface area contributed by atoms with Crippen molar-refractivity contribution >= 4 is 34.7 Å². The lowest BCUT2D eigenvalue weighted by atomic mass is 10.1. The minimum atomic E-state index is -1.01. The van der Waals surface area contributed by atoms with Gasteiger partial charge in [-0.1, -0.05) is 66.7 Å². The summed E-state index contributed by atoms with van der Waals surface area (Å²) >= 11 is 5.33. The third-order valence-corrected chi connectivity index (χ3v) is 4.16. The summed E-state index contributed by atoms with van der Waals surface area (Å²) in [5, 5.41) is 8.86. The fourth-order valence-electron chi connectivity index (χ4n) is 2.56. The van der Waals surface area contributed by atoms with E-state index in [1.165, 1.54) is 0 Å². The van der Waals surface area contributed by atoms with Crippen molar-refractivity contribution in [2.24, 2.45) is 0 Å². The summed E-state index contributed by atoms with van der Waals surface area (Å²) in [4.78, 5) is 25.5. The van der Waals surface area contributed by atoms with Crippen LogP contribution in [0.1, 0.15) is 20.7 Å². The van der Waals surface area contributed by atoms with E-state index in [0.717, 1.165) is 5.69 Å². The Morgan fingerprint density at radius 1 is 0.679 bits per heavy atom. The quantitative estimate of drug-likeness (QED) is 0.341. The van der Waals surface area contributed by atoms with Gasteiger partial charge in [-0.2, -0.15) is 0 Å². The summed E-state index contributed by atoms with van der Waals surface area (Å²) in [6.07, 6.45) is -1.01. The van der Waals surface area contributed by atoms with Gasteiger partial charge in [0.05, 0.1) is 0 Å². The lowest BCUT2D eigenvalue weighted by Gasteiger charge is -2.21. The summed E-state index contributed by atoms with van der Waals surface area (Å²) in [7, 11) is 0. The van der Waals surface area contributed by atoms with Crippen LogP contribution in [0, 0.1) is 0 Å². The number of amides is 1. The number of para-hydroxylation sites is 1. The molecular weight excluding hydrogens is 370 g/mol. The molecule has 1 atom stereocenters. The summed E-state index contributed by atoms with van der Waals surface area (Å²) < 4.78 is 0. The number of carbonyl (C=O) groups excluding carboxylic acids is 2. The summed E-state index contributed by atoms with van der Waals surface area (Å²) in [6, 6.07) is 26.8. The molecule has 0 spiro atoms. The van der Waals surface area contributed by atoms with Gasteiger partial charge >= 0.3 is 0 Å². The van der Waals surface area contributed by atoms with Crippen LogP contribution in [0.15, 0.2) is 91.0 Å². The van der Waals surface area contributed by atoms with Crippen LogP contribution in [0.2, 0.25) is 0 Å². The molecule has 3 N–H and O–H groups in total. The zero-order valence-electron chi connectivity index (χ0n) is 15.0. The van der Waals surface area contributed by atoms with E-state index in [2.05, 4.69) is 16.0 Å². The van der Waals surface area contributed by atoms with Gasteiger partial charge in [-0.3, -0.25) is 9.59 Å². The van der Waals surface area contributed by atoms with Crippen LogP contribution < -0.4 is 16.0 Å². The Kier molecular flexibility index (Phi) is 6.49. The first-order valence-corrected chi connectivity index (χ1v) is 9.12. The molecule has 5 nitrogen and oxygen atoms in total. The van der Waals surface area contributed by atoms with Crippen molar-refractivity contribution < 1.29 is 9.59 Å². The Morgan fingerprint density at radius 3 is 1.75 bits per heavy atom.